The highest BCUT2D eigenvalue weighted by Crippen LogP contribution is 2.63. The number of aliphatic hydroxyl groups excluding tert-OH is 2. The molecule has 2 atom stereocenters. The van der Waals surface area contributed by atoms with E-state index in [9.17, 15) is 10.2 Å². The van der Waals surface area contributed by atoms with Crippen LogP contribution in [0.3, 0.4) is 0 Å². The maximum atomic E-state index is 9.32. The molecule has 1 saturated carbocycles. The minimum Gasteiger partial charge on any atom is -0.490 e. The second-order valence-corrected chi connectivity index (χ2v) is 7.82. The van der Waals surface area contributed by atoms with Gasteiger partial charge < -0.3 is 19.7 Å². The molecule has 26 heavy (non-hydrogen) atoms. The van der Waals surface area contributed by atoms with Crippen molar-refractivity contribution in [2.24, 2.45) is 0 Å². The fourth-order valence-electron chi connectivity index (χ4n) is 5.02. The van der Waals surface area contributed by atoms with E-state index in [-0.39, 0.29) is 18.6 Å². The second kappa shape index (κ2) is 6.75. The number of benzene rings is 2. The van der Waals surface area contributed by atoms with E-state index in [1.807, 2.05) is 0 Å². The maximum Gasteiger partial charge on any atom is 0.131 e. The minimum atomic E-state index is 0.00617. The summed E-state index contributed by atoms with van der Waals surface area (Å²) in [5.74, 6) is 2.35. The Labute approximate surface area is 154 Å². The number of aryl methyl sites for hydroxylation is 1. The van der Waals surface area contributed by atoms with Crippen LogP contribution >= 0.6 is 0 Å². The van der Waals surface area contributed by atoms with Gasteiger partial charge in [-0.2, -0.15) is 0 Å². The molecule has 2 aromatic carbocycles. The Balaban J connectivity index is 2.02. The lowest BCUT2D eigenvalue weighted by Gasteiger charge is -2.30. The van der Waals surface area contributed by atoms with Crippen LogP contribution in [0.15, 0.2) is 18.2 Å². The zero-order valence-corrected chi connectivity index (χ0v) is 15.7. The molecule has 2 N–H and O–H groups in total. The molecule has 2 aromatic rings. The molecule has 0 radical (unpaired) electrons. The fourth-order valence-corrected chi connectivity index (χ4v) is 5.02. The Morgan fingerprint density at radius 1 is 1.08 bits per heavy atom. The SMILES string of the molecule is CCc1ccc2c(OCCO)c3c(c(OCCO)c2c1)C1CCC3(C)C1. The first-order chi connectivity index (χ1) is 12.6. The summed E-state index contributed by atoms with van der Waals surface area (Å²) < 4.78 is 12.2. The molecule has 2 aliphatic carbocycles. The van der Waals surface area contributed by atoms with Gasteiger partial charge in [-0.15, -0.1) is 0 Å². The Bertz CT molecular complexity index is 829. The van der Waals surface area contributed by atoms with Crippen LogP contribution in [0.2, 0.25) is 0 Å². The van der Waals surface area contributed by atoms with E-state index < -0.39 is 0 Å². The van der Waals surface area contributed by atoms with E-state index in [2.05, 4.69) is 32.0 Å². The zero-order valence-electron chi connectivity index (χ0n) is 15.7. The van der Waals surface area contributed by atoms with Crippen molar-refractivity contribution in [2.75, 3.05) is 26.4 Å². The van der Waals surface area contributed by atoms with Crippen LogP contribution in [0.1, 0.15) is 55.7 Å². The molecular formula is C22H28O4. The molecule has 0 spiro atoms. The van der Waals surface area contributed by atoms with Gasteiger partial charge in [-0.1, -0.05) is 26.0 Å². The molecule has 2 aliphatic rings. The van der Waals surface area contributed by atoms with Crippen LogP contribution in [-0.2, 0) is 11.8 Å². The molecule has 0 aliphatic heterocycles. The molecule has 1 fully saturated rings. The van der Waals surface area contributed by atoms with Crippen LogP contribution in [0.25, 0.3) is 10.8 Å². The van der Waals surface area contributed by atoms with Gasteiger partial charge in [0.05, 0.1) is 13.2 Å². The summed E-state index contributed by atoms with van der Waals surface area (Å²) in [4.78, 5) is 0. The first-order valence-corrected chi connectivity index (χ1v) is 9.73. The van der Waals surface area contributed by atoms with Crippen LogP contribution in [-0.4, -0.2) is 36.6 Å². The first-order valence-electron chi connectivity index (χ1n) is 9.73. The molecule has 4 nitrogen and oxygen atoms in total. The molecule has 2 bridgehead atoms. The van der Waals surface area contributed by atoms with Crippen LogP contribution in [0.4, 0.5) is 0 Å². The van der Waals surface area contributed by atoms with E-state index >= 15 is 0 Å². The summed E-state index contributed by atoms with van der Waals surface area (Å²) in [6.07, 6.45) is 4.43. The van der Waals surface area contributed by atoms with Gasteiger partial charge in [-0.05, 0) is 48.6 Å². The molecule has 4 rings (SSSR count). The lowest BCUT2D eigenvalue weighted by atomic mass is 9.78. The second-order valence-electron chi connectivity index (χ2n) is 7.82. The van der Waals surface area contributed by atoms with Gasteiger partial charge in [0.1, 0.15) is 24.7 Å². The van der Waals surface area contributed by atoms with Crippen molar-refractivity contribution in [3.8, 4) is 11.5 Å². The summed E-state index contributed by atoms with van der Waals surface area (Å²) in [6, 6.07) is 6.47. The average Bonchev–Trinajstić information content (AvgIpc) is 3.18. The van der Waals surface area contributed by atoms with Crippen molar-refractivity contribution in [1.82, 2.24) is 0 Å². The third-order valence-corrected chi connectivity index (χ3v) is 6.15. The topological polar surface area (TPSA) is 58.9 Å². The van der Waals surface area contributed by atoms with E-state index in [4.69, 9.17) is 9.47 Å². The van der Waals surface area contributed by atoms with E-state index in [0.29, 0.717) is 19.1 Å². The maximum absolute atomic E-state index is 9.32. The van der Waals surface area contributed by atoms with Gasteiger partial charge in [0, 0.05) is 21.9 Å². The van der Waals surface area contributed by atoms with Crippen molar-refractivity contribution >= 4 is 10.8 Å². The Morgan fingerprint density at radius 3 is 2.50 bits per heavy atom. The molecule has 0 saturated heterocycles. The minimum absolute atomic E-state index is 0.00617. The Hall–Kier alpha value is -1.78. The van der Waals surface area contributed by atoms with Gasteiger partial charge in [-0.25, -0.2) is 0 Å². The van der Waals surface area contributed by atoms with E-state index in [0.717, 1.165) is 41.5 Å². The third kappa shape index (κ3) is 2.58. The largest absolute Gasteiger partial charge is 0.490 e. The standard InChI is InChI=1S/C22H28O4/c1-3-14-4-5-16-17(12-14)20(25-10-8-23)18-15-6-7-22(2,13-15)19(18)21(16)26-11-9-24/h4-5,12,15,23-24H,3,6-11,13H2,1-2H3. The average molecular weight is 356 g/mol. The smallest absolute Gasteiger partial charge is 0.131 e. The summed E-state index contributed by atoms with van der Waals surface area (Å²) in [6.45, 7) is 5.09. The van der Waals surface area contributed by atoms with Gasteiger partial charge in [0.15, 0.2) is 0 Å². The van der Waals surface area contributed by atoms with Gasteiger partial charge in [0.2, 0.25) is 0 Å². The van der Waals surface area contributed by atoms with Crippen molar-refractivity contribution in [3.05, 3.63) is 34.9 Å². The first kappa shape index (κ1) is 17.6. The molecule has 140 valence electrons. The predicted octanol–water partition coefficient (Wildman–Crippen LogP) is 3.68. The van der Waals surface area contributed by atoms with E-state index in [1.165, 1.54) is 23.1 Å². The number of fused-ring (bicyclic) bond motifs is 6. The van der Waals surface area contributed by atoms with Crippen molar-refractivity contribution < 1.29 is 19.7 Å². The molecule has 2 unspecified atom stereocenters. The Morgan fingerprint density at radius 2 is 1.81 bits per heavy atom. The molecular weight excluding hydrogens is 328 g/mol. The van der Waals surface area contributed by atoms with Gasteiger partial charge >= 0.3 is 0 Å². The van der Waals surface area contributed by atoms with E-state index in [1.54, 1.807) is 0 Å². The summed E-state index contributed by atoms with van der Waals surface area (Å²) in [5, 5.41) is 20.8. The van der Waals surface area contributed by atoms with Crippen molar-refractivity contribution in [3.63, 3.8) is 0 Å². The Kier molecular flexibility index (Phi) is 4.57. The molecule has 4 heteroatoms. The summed E-state index contributed by atoms with van der Waals surface area (Å²) >= 11 is 0. The molecule has 0 aromatic heterocycles. The fraction of sp³-hybridized carbons (Fsp3) is 0.545. The number of hydrogen-bond donors (Lipinski definition) is 2. The monoisotopic (exact) mass is 356 g/mol. The predicted molar refractivity (Wildman–Crippen MR) is 102 cm³/mol. The number of aliphatic hydroxyl groups is 2. The van der Waals surface area contributed by atoms with Crippen molar-refractivity contribution in [2.45, 2.75) is 50.9 Å². The van der Waals surface area contributed by atoms with Gasteiger partial charge in [0.25, 0.3) is 0 Å². The highest BCUT2D eigenvalue weighted by Gasteiger charge is 2.50. The lowest BCUT2D eigenvalue weighted by molar-refractivity contribution is 0.197. The third-order valence-electron chi connectivity index (χ3n) is 6.15. The zero-order chi connectivity index (χ0) is 18.3. The number of rotatable bonds is 7. The summed E-state index contributed by atoms with van der Waals surface area (Å²) in [7, 11) is 0. The lowest BCUT2D eigenvalue weighted by Crippen LogP contribution is -2.19. The summed E-state index contributed by atoms with van der Waals surface area (Å²) in [5.41, 5.74) is 3.92. The quantitative estimate of drug-likeness (QED) is 0.794. The molecule has 0 amide bonds. The normalized spacial score (nSPS) is 23.5. The van der Waals surface area contributed by atoms with Gasteiger partial charge in [-0.3, -0.25) is 0 Å². The van der Waals surface area contributed by atoms with Crippen molar-refractivity contribution in [1.29, 1.82) is 0 Å². The van der Waals surface area contributed by atoms with Crippen LogP contribution in [0, 0.1) is 0 Å². The van der Waals surface area contributed by atoms with Crippen LogP contribution < -0.4 is 9.47 Å². The number of ether oxygens (including phenoxy) is 2. The molecule has 0 heterocycles. The highest BCUT2D eigenvalue weighted by molar-refractivity contribution is 5.98. The number of hydrogen-bond acceptors (Lipinski definition) is 4. The highest BCUT2D eigenvalue weighted by atomic mass is 16.5. The van der Waals surface area contributed by atoms with Crippen LogP contribution in [0.5, 0.6) is 11.5 Å².